The Labute approximate surface area is 518 Å². The molecule has 490 valence electrons. The lowest BCUT2D eigenvalue weighted by atomic mass is 9.98. The van der Waals surface area contributed by atoms with Crippen LogP contribution >= 0.6 is 0 Å². The number of carboxylic acid groups (broad SMARTS) is 1. The number of allylic oxidation sites excluding steroid dienone is 12. The number of carbonyl (C=O) groups is 4. The predicted octanol–water partition coefficient (Wildman–Crippen LogP) is 19.2. The third-order valence-electron chi connectivity index (χ3n) is 15.7. The average molecular weight is 1200 g/mol. The Balaban J connectivity index is 2.65. The summed E-state index contributed by atoms with van der Waals surface area (Å²) in [7, 11) is 0. The number of rotatable bonds is 60. The van der Waals surface area contributed by atoms with Gasteiger partial charge in [-0.25, -0.2) is 4.79 Å². The number of aliphatic hydroxyl groups is 2. The van der Waals surface area contributed by atoms with Crippen molar-refractivity contribution >= 4 is 23.9 Å². The zero-order chi connectivity index (χ0) is 61.7. The summed E-state index contributed by atoms with van der Waals surface area (Å²) < 4.78 is 28.6. The first-order valence-electron chi connectivity index (χ1n) is 34.9. The smallest absolute Gasteiger partial charge is 0.335 e. The number of ether oxygens (including phenoxy) is 5. The summed E-state index contributed by atoms with van der Waals surface area (Å²) in [5.41, 5.74) is 0. The van der Waals surface area contributed by atoms with Crippen molar-refractivity contribution in [1.29, 1.82) is 0 Å². The van der Waals surface area contributed by atoms with Gasteiger partial charge in [0.2, 0.25) is 0 Å². The van der Waals surface area contributed by atoms with E-state index in [1.165, 1.54) is 141 Å². The molecule has 0 radical (unpaired) electrons. The standard InChI is InChI=1S/C73H126O12/c1-4-7-10-13-16-19-22-25-28-31-33-36-38-41-44-47-50-53-56-59-65(74)81-62-64(83-66(75)60-57-54-51-48-45-42-39-35-30-27-24-21-18-15-12-9-6-3)63-82-73-71(69(78)68(77)70(85-73)72(79)80)84-67(76)61-58-55-52-49-46-43-40-37-34-32-29-26-23-20-17-14-11-8-5-2/h17-18,20-21,25-30,34,37,64,68-71,73,77-78H,4-16,19,22-24,31-33,35-36,38-63H2,1-3H3,(H,79,80)/b20-17-,21-18-,28-25-,29-26-,30-27-,37-34-. The Hall–Kier alpha value is -3.84. The zero-order valence-electron chi connectivity index (χ0n) is 54.3. The maximum atomic E-state index is 13.2. The first kappa shape index (κ1) is 79.2. The van der Waals surface area contributed by atoms with Crippen LogP contribution in [0, 0.1) is 0 Å². The summed E-state index contributed by atoms with van der Waals surface area (Å²) in [5, 5.41) is 31.7. The van der Waals surface area contributed by atoms with Crippen molar-refractivity contribution in [2.75, 3.05) is 13.2 Å². The number of unbranched alkanes of at least 4 members (excludes halogenated alkanes) is 34. The SMILES string of the molecule is CCCCC/C=C\C/C=C\C/C=C\CCCCCCCCC(=O)OC1C(OCC(COC(=O)CCCCCCCCCCC/C=C\CCCCCCCC)OC(=O)CCCCCCCCC/C=C\C/C=C\CCCCC)OC(C(=O)O)C(O)C1O. The van der Waals surface area contributed by atoms with E-state index in [2.05, 4.69) is 93.7 Å². The molecular formula is C73H126O12. The molecule has 3 N–H and O–H groups in total. The minimum absolute atomic E-state index is 0.0440. The van der Waals surface area contributed by atoms with Gasteiger partial charge in [0.05, 0.1) is 6.61 Å². The van der Waals surface area contributed by atoms with Gasteiger partial charge in [0.25, 0.3) is 0 Å². The van der Waals surface area contributed by atoms with Crippen molar-refractivity contribution < 1.29 is 58.2 Å². The van der Waals surface area contributed by atoms with Crippen LogP contribution in [0.15, 0.2) is 72.9 Å². The lowest BCUT2D eigenvalue weighted by Crippen LogP contribution is -2.61. The second kappa shape index (κ2) is 60.4. The van der Waals surface area contributed by atoms with Crippen LogP contribution in [0.25, 0.3) is 0 Å². The van der Waals surface area contributed by atoms with Gasteiger partial charge < -0.3 is 39.0 Å². The maximum absolute atomic E-state index is 13.2. The first-order valence-corrected chi connectivity index (χ1v) is 34.9. The minimum Gasteiger partial charge on any atom is -0.479 e. The Morgan fingerprint density at radius 3 is 1.11 bits per heavy atom. The Morgan fingerprint density at radius 1 is 0.388 bits per heavy atom. The second-order valence-corrected chi connectivity index (χ2v) is 23.8. The minimum atomic E-state index is -1.91. The topological polar surface area (TPSA) is 175 Å². The fraction of sp³-hybridized carbons (Fsp3) is 0.781. The van der Waals surface area contributed by atoms with E-state index < -0.39 is 67.3 Å². The third-order valence-corrected chi connectivity index (χ3v) is 15.7. The van der Waals surface area contributed by atoms with E-state index >= 15 is 0 Å². The monoisotopic (exact) mass is 1190 g/mol. The fourth-order valence-corrected chi connectivity index (χ4v) is 10.3. The van der Waals surface area contributed by atoms with E-state index in [1.807, 2.05) is 0 Å². The van der Waals surface area contributed by atoms with Crippen LogP contribution in [-0.2, 0) is 42.9 Å². The molecule has 85 heavy (non-hydrogen) atoms. The van der Waals surface area contributed by atoms with Gasteiger partial charge in [-0.15, -0.1) is 0 Å². The van der Waals surface area contributed by atoms with Gasteiger partial charge in [-0.1, -0.05) is 254 Å². The molecule has 1 rings (SSSR count). The Kier molecular flexibility index (Phi) is 56.3. The molecule has 0 saturated carbocycles. The highest BCUT2D eigenvalue weighted by atomic mass is 16.7. The highest BCUT2D eigenvalue weighted by Gasteiger charge is 2.50. The van der Waals surface area contributed by atoms with Gasteiger partial charge in [-0.2, -0.15) is 0 Å². The molecule has 6 atom stereocenters. The van der Waals surface area contributed by atoms with Crippen molar-refractivity contribution in [1.82, 2.24) is 0 Å². The lowest BCUT2D eigenvalue weighted by molar-refractivity contribution is -0.301. The van der Waals surface area contributed by atoms with Gasteiger partial charge in [0.15, 0.2) is 24.6 Å². The Bertz CT molecular complexity index is 1750. The van der Waals surface area contributed by atoms with Crippen LogP contribution in [-0.4, -0.2) is 89.2 Å². The molecule has 0 aromatic rings. The molecule has 1 aliphatic heterocycles. The van der Waals surface area contributed by atoms with E-state index in [-0.39, 0.29) is 25.9 Å². The predicted molar refractivity (Wildman–Crippen MR) is 349 cm³/mol. The van der Waals surface area contributed by atoms with E-state index in [0.29, 0.717) is 19.3 Å². The van der Waals surface area contributed by atoms with Crippen LogP contribution in [0.3, 0.4) is 0 Å². The summed E-state index contributed by atoms with van der Waals surface area (Å²) in [4.78, 5) is 51.5. The molecule has 1 saturated heterocycles. The van der Waals surface area contributed by atoms with Crippen LogP contribution in [0.5, 0.6) is 0 Å². The number of carbonyl (C=O) groups excluding carboxylic acids is 3. The summed E-state index contributed by atoms with van der Waals surface area (Å²) in [5.74, 6) is -3.13. The largest absolute Gasteiger partial charge is 0.479 e. The summed E-state index contributed by atoms with van der Waals surface area (Å²) in [6.45, 7) is 5.97. The van der Waals surface area contributed by atoms with E-state index in [9.17, 15) is 34.5 Å². The van der Waals surface area contributed by atoms with Crippen molar-refractivity contribution in [3.63, 3.8) is 0 Å². The van der Waals surface area contributed by atoms with Crippen LogP contribution in [0.4, 0.5) is 0 Å². The molecular weight excluding hydrogens is 1070 g/mol. The molecule has 1 fully saturated rings. The van der Waals surface area contributed by atoms with Crippen LogP contribution in [0.1, 0.15) is 316 Å². The quantitative estimate of drug-likeness (QED) is 0.0228. The highest BCUT2D eigenvalue weighted by molar-refractivity contribution is 5.74. The number of aliphatic hydroxyl groups excluding tert-OH is 2. The van der Waals surface area contributed by atoms with Gasteiger partial charge >= 0.3 is 23.9 Å². The molecule has 0 aliphatic carbocycles. The molecule has 0 bridgehead atoms. The molecule has 1 heterocycles. The molecule has 12 heteroatoms. The third kappa shape index (κ3) is 49.8. The second-order valence-electron chi connectivity index (χ2n) is 23.8. The first-order chi connectivity index (χ1) is 41.6. The van der Waals surface area contributed by atoms with Crippen molar-refractivity contribution in [3.8, 4) is 0 Å². The maximum Gasteiger partial charge on any atom is 0.335 e. The molecule has 0 spiro atoms. The molecule has 0 amide bonds. The lowest BCUT2D eigenvalue weighted by Gasteiger charge is -2.40. The van der Waals surface area contributed by atoms with Crippen molar-refractivity contribution in [2.45, 2.75) is 353 Å². The van der Waals surface area contributed by atoms with Gasteiger partial charge in [0, 0.05) is 19.3 Å². The molecule has 6 unspecified atom stereocenters. The zero-order valence-corrected chi connectivity index (χ0v) is 54.3. The number of hydrogen-bond acceptors (Lipinski definition) is 11. The number of aliphatic carboxylic acids is 1. The van der Waals surface area contributed by atoms with E-state index in [0.717, 1.165) is 116 Å². The number of esters is 3. The van der Waals surface area contributed by atoms with Crippen molar-refractivity contribution in [3.05, 3.63) is 72.9 Å². The summed E-state index contributed by atoms with van der Waals surface area (Å²) in [6.07, 6.45) is 65.6. The highest BCUT2D eigenvalue weighted by Crippen LogP contribution is 2.27. The van der Waals surface area contributed by atoms with Gasteiger partial charge in [0.1, 0.15) is 18.8 Å². The van der Waals surface area contributed by atoms with Gasteiger partial charge in [-0.05, 0) is 116 Å². The van der Waals surface area contributed by atoms with Crippen molar-refractivity contribution in [2.24, 2.45) is 0 Å². The molecule has 1 aliphatic rings. The van der Waals surface area contributed by atoms with Crippen LogP contribution in [0.2, 0.25) is 0 Å². The van der Waals surface area contributed by atoms with E-state index in [4.69, 9.17) is 23.7 Å². The normalized spacial score (nSPS) is 17.9. The fourth-order valence-electron chi connectivity index (χ4n) is 10.3. The van der Waals surface area contributed by atoms with Gasteiger partial charge in [-0.3, -0.25) is 14.4 Å². The number of hydrogen-bond donors (Lipinski definition) is 3. The molecule has 0 aromatic carbocycles. The molecule has 0 aromatic heterocycles. The van der Waals surface area contributed by atoms with E-state index in [1.54, 1.807) is 0 Å². The number of carboxylic acids is 1. The Morgan fingerprint density at radius 2 is 0.706 bits per heavy atom. The summed E-state index contributed by atoms with van der Waals surface area (Å²) in [6, 6.07) is 0. The van der Waals surface area contributed by atoms with Crippen LogP contribution < -0.4 is 0 Å². The summed E-state index contributed by atoms with van der Waals surface area (Å²) >= 11 is 0. The molecule has 12 nitrogen and oxygen atoms in total. The average Bonchev–Trinajstić information content (AvgIpc) is 2.79.